The molecule has 24 heavy (non-hydrogen) atoms. The molecule has 0 bridgehead atoms. The first-order valence-corrected chi connectivity index (χ1v) is 7.65. The topological polar surface area (TPSA) is 99.2 Å². The fraction of sp³-hybridized carbons (Fsp3) is 0.312. The Morgan fingerprint density at radius 1 is 1.17 bits per heavy atom. The van der Waals surface area contributed by atoms with Crippen LogP contribution in [0.4, 0.5) is 17.2 Å². The third kappa shape index (κ3) is 3.25. The zero-order chi connectivity index (χ0) is 16.9. The first-order valence-electron chi connectivity index (χ1n) is 7.65. The molecule has 0 atom stereocenters. The zero-order valence-electron chi connectivity index (χ0n) is 13.0. The number of benzene rings is 1. The van der Waals surface area contributed by atoms with Crippen molar-refractivity contribution in [3.63, 3.8) is 0 Å². The molecular weight excluding hydrogens is 308 g/mol. The summed E-state index contributed by atoms with van der Waals surface area (Å²) in [6.07, 6.45) is 2.49. The molecule has 0 spiro atoms. The van der Waals surface area contributed by atoms with Crippen LogP contribution in [0.25, 0.3) is 0 Å². The summed E-state index contributed by atoms with van der Waals surface area (Å²) in [6.45, 7) is 2.88. The molecule has 1 aliphatic heterocycles. The Morgan fingerprint density at radius 2 is 1.96 bits per heavy atom. The predicted molar refractivity (Wildman–Crippen MR) is 88.9 cm³/mol. The van der Waals surface area contributed by atoms with E-state index in [1.54, 1.807) is 18.3 Å². The normalized spacial score (nSPS) is 14.8. The van der Waals surface area contributed by atoms with Crippen molar-refractivity contribution in [2.24, 2.45) is 0 Å². The summed E-state index contributed by atoms with van der Waals surface area (Å²) >= 11 is 0. The quantitative estimate of drug-likeness (QED) is 0.628. The Labute approximate surface area is 139 Å². The molecule has 1 saturated heterocycles. The summed E-state index contributed by atoms with van der Waals surface area (Å²) in [5.41, 5.74) is 0.823. The lowest BCUT2D eigenvalue weighted by Gasteiger charge is -2.23. The Kier molecular flexibility index (Phi) is 4.52. The van der Waals surface area contributed by atoms with Crippen LogP contribution in [0, 0.1) is 21.4 Å². The largest absolute Gasteiger partial charge is 0.364 e. The summed E-state index contributed by atoms with van der Waals surface area (Å²) in [5.74, 6) is 0.814. The van der Waals surface area contributed by atoms with Crippen LogP contribution in [-0.2, 0) is 0 Å². The molecule has 0 aliphatic carbocycles. The third-order valence-electron chi connectivity index (χ3n) is 4.02. The van der Waals surface area contributed by atoms with Gasteiger partial charge in [0.15, 0.2) is 5.82 Å². The highest BCUT2D eigenvalue weighted by atomic mass is 16.6. The molecule has 0 unspecified atom stereocenters. The van der Waals surface area contributed by atoms with Crippen molar-refractivity contribution >= 4 is 17.2 Å². The van der Waals surface area contributed by atoms with E-state index in [2.05, 4.69) is 15.1 Å². The molecule has 0 radical (unpaired) electrons. The number of anilines is 2. The van der Waals surface area contributed by atoms with Crippen LogP contribution in [0.2, 0.25) is 0 Å². The Morgan fingerprint density at radius 3 is 2.67 bits per heavy atom. The van der Waals surface area contributed by atoms with Gasteiger partial charge in [0.05, 0.1) is 16.6 Å². The maximum Gasteiger partial charge on any atom is 0.293 e. The zero-order valence-corrected chi connectivity index (χ0v) is 13.0. The molecule has 1 aromatic carbocycles. The maximum absolute atomic E-state index is 11.3. The number of aromatic nitrogens is 2. The molecule has 122 valence electrons. The molecular formula is C16H16N6O2. The molecule has 0 N–H and O–H groups in total. The monoisotopic (exact) mass is 324 g/mol. The van der Waals surface area contributed by atoms with Crippen LogP contribution in [0.3, 0.4) is 0 Å². The first kappa shape index (κ1) is 15.7. The smallest absolute Gasteiger partial charge is 0.293 e. The second-order valence-corrected chi connectivity index (χ2v) is 5.48. The standard InChI is InChI=1S/C16H16N6O2/c17-12-13-4-5-14(15(11-13)22(23)24)20-7-2-8-21(10-9-20)16-3-1-6-18-19-16/h1,3-6,11H,2,7-10H2. The lowest BCUT2D eigenvalue weighted by atomic mass is 10.1. The number of hydrogen-bond donors (Lipinski definition) is 0. The number of nitro benzene ring substituents is 1. The van der Waals surface area contributed by atoms with Gasteiger partial charge in [0, 0.05) is 38.4 Å². The van der Waals surface area contributed by atoms with Crippen molar-refractivity contribution in [3.05, 3.63) is 52.2 Å². The Hall–Kier alpha value is -3.21. The van der Waals surface area contributed by atoms with Crippen molar-refractivity contribution in [2.45, 2.75) is 6.42 Å². The SMILES string of the molecule is N#Cc1ccc(N2CCCN(c3cccnn3)CC2)c([N+](=O)[O-])c1. The highest BCUT2D eigenvalue weighted by Gasteiger charge is 2.23. The summed E-state index contributed by atoms with van der Waals surface area (Å²) in [7, 11) is 0. The fourth-order valence-corrected chi connectivity index (χ4v) is 2.86. The molecule has 0 saturated carbocycles. The van der Waals surface area contributed by atoms with Gasteiger partial charge in [0.25, 0.3) is 5.69 Å². The second-order valence-electron chi connectivity index (χ2n) is 5.48. The van der Waals surface area contributed by atoms with Crippen LogP contribution in [0.1, 0.15) is 12.0 Å². The highest BCUT2D eigenvalue weighted by molar-refractivity contribution is 5.66. The van der Waals surface area contributed by atoms with E-state index in [0.29, 0.717) is 30.9 Å². The molecule has 0 amide bonds. The van der Waals surface area contributed by atoms with E-state index < -0.39 is 4.92 Å². The van der Waals surface area contributed by atoms with Crippen LogP contribution in [-0.4, -0.2) is 41.3 Å². The lowest BCUT2D eigenvalue weighted by Crippen LogP contribution is -2.31. The minimum absolute atomic E-state index is 0.0259. The average Bonchev–Trinajstić information content (AvgIpc) is 2.88. The van der Waals surface area contributed by atoms with Crippen molar-refractivity contribution in [1.29, 1.82) is 5.26 Å². The van der Waals surface area contributed by atoms with E-state index in [4.69, 9.17) is 5.26 Å². The molecule has 8 nitrogen and oxygen atoms in total. The van der Waals surface area contributed by atoms with Gasteiger partial charge >= 0.3 is 0 Å². The van der Waals surface area contributed by atoms with Gasteiger partial charge in [0.1, 0.15) is 5.69 Å². The van der Waals surface area contributed by atoms with E-state index >= 15 is 0 Å². The molecule has 2 heterocycles. The molecule has 1 aliphatic rings. The van der Waals surface area contributed by atoms with E-state index in [-0.39, 0.29) is 5.69 Å². The molecule has 3 rings (SSSR count). The lowest BCUT2D eigenvalue weighted by molar-refractivity contribution is -0.384. The molecule has 1 fully saturated rings. The number of nitrogens with zero attached hydrogens (tertiary/aromatic N) is 6. The highest BCUT2D eigenvalue weighted by Crippen LogP contribution is 2.30. The van der Waals surface area contributed by atoms with Crippen LogP contribution in [0.15, 0.2) is 36.5 Å². The van der Waals surface area contributed by atoms with Crippen LogP contribution in [0.5, 0.6) is 0 Å². The van der Waals surface area contributed by atoms with Crippen molar-refractivity contribution in [3.8, 4) is 6.07 Å². The first-order chi connectivity index (χ1) is 11.7. The number of hydrogen-bond acceptors (Lipinski definition) is 7. The van der Waals surface area contributed by atoms with Gasteiger partial charge in [0.2, 0.25) is 0 Å². The second kappa shape index (κ2) is 6.91. The van der Waals surface area contributed by atoms with Gasteiger partial charge in [-0.3, -0.25) is 10.1 Å². The Bertz CT molecular complexity index is 774. The van der Waals surface area contributed by atoms with Crippen molar-refractivity contribution in [2.75, 3.05) is 36.0 Å². The van der Waals surface area contributed by atoms with Crippen LogP contribution >= 0.6 is 0 Å². The Balaban J connectivity index is 1.82. The minimum Gasteiger partial charge on any atom is -0.364 e. The van der Waals surface area contributed by atoms with Gasteiger partial charge in [-0.2, -0.15) is 10.4 Å². The van der Waals surface area contributed by atoms with E-state index in [9.17, 15) is 10.1 Å². The van der Waals surface area contributed by atoms with Gasteiger partial charge in [-0.1, -0.05) is 0 Å². The summed E-state index contributed by atoms with van der Waals surface area (Å²) < 4.78 is 0. The molecule has 2 aromatic rings. The fourth-order valence-electron chi connectivity index (χ4n) is 2.86. The van der Waals surface area contributed by atoms with E-state index in [1.165, 1.54) is 6.07 Å². The average molecular weight is 324 g/mol. The van der Waals surface area contributed by atoms with Gasteiger partial charge < -0.3 is 9.80 Å². The number of rotatable bonds is 3. The van der Waals surface area contributed by atoms with Crippen LogP contribution < -0.4 is 9.80 Å². The summed E-state index contributed by atoms with van der Waals surface area (Å²) in [4.78, 5) is 15.0. The number of nitriles is 1. The van der Waals surface area contributed by atoms with Gasteiger partial charge in [-0.15, -0.1) is 5.10 Å². The maximum atomic E-state index is 11.3. The van der Waals surface area contributed by atoms with Crippen molar-refractivity contribution in [1.82, 2.24) is 10.2 Å². The number of nitro groups is 1. The minimum atomic E-state index is -0.429. The van der Waals surface area contributed by atoms with Gasteiger partial charge in [-0.25, -0.2) is 0 Å². The van der Waals surface area contributed by atoms with E-state index in [0.717, 1.165) is 18.8 Å². The predicted octanol–water partition coefficient (Wildman–Crippen LogP) is 1.97. The molecule has 8 heteroatoms. The molecule has 1 aromatic heterocycles. The third-order valence-corrected chi connectivity index (χ3v) is 4.02. The van der Waals surface area contributed by atoms with Crippen molar-refractivity contribution < 1.29 is 4.92 Å². The van der Waals surface area contributed by atoms with Gasteiger partial charge in [-0.05, 0) is 30.7 Å². The van der Waals surface area contributed by atoms with E-state index in [1.807, 2.05) is 23.1 Å². The summed E-state index contributed by atoms with van der Waals surface area (Å²) in [5, 5.41) is 28.3. The summed E-state index contributed by atoms with van der Waals surface area (Å²) in [6, 6.07) is 10.3.